The quantitative estimate of drug-likeness (QED) is 0.862. The van der Waals surface area contributed by atoms with Gasteiger partial charge >= 0.3 is 0 Å². The van der Waals surface area contributed by atoms with E-state index in [2.05, 4.69) is 5.32 Å². The van der Waals surface area contributed by atoms with Crippen molar-refractivity contribution >= 4 is 29.1 Å². The molecule has 0 radical (unpaired) electrons. The summed E-state index contributed by atoms with van der Waals surface area (Å²) < 4.78 is 0. The Morgan fingerprint density at radius 1 is 1.00 bits per heavy atom. The second kappa shape index (κ2) is 8.65. The normalized spacial score (nSPS) is 11.9. The number of para-hydroxylation sites is 1. The molecule has 25 heavy (non-hydrogen) atoms. The van der Waals surface area contributed by atoms with Crippen molar-refractivity contribution < 1.29 is 9.59 Å². The molecule has 0 fully saturated rings. The van der Waals surface area contributed by atoms with Crippen LogP contribution in [0.1, 0.15) is 11.6 Å². The summed E-state index contributed by atoms with van der Waals surface area (Å²) in [4.78, 5) is 28.2. The molecule has 1 N–H and O–H groups in total. The van der Waals surface area contributed by atoms with Crippen molar-refractivity contribution in [3.05, 3.63) is 65.2 Å². The highest BCUT2D eigenvalue weighted by Gasteiger charge is 2.27. The summed E-state index contributed by atoms with van der Waals surface area (Å²) in [6.45, 7) is 0.0599. The molecule has 6 heteroatoms. The summed E-state index contributed by atoms with van der Waals surface area (Å²) >= 11 is 6.07. The van der Waals surface area contributed by atoms with Crippen LogP contribution in [0.5, 0.6) is 0 Å². The molecule has 0 aliphatic carbocycles. The van der Waals surface area contributed by atoms with Gasteiger partial charge in [0.25, 0.3) is 0 Å². The monoisotopic (exact) mass is 359 g/mol. The molecule has 0 aliphatic heterocycles. The van der Waals surface area contributed by atoms with Crippen LogP contribution in [0, 0.1) is 0 Å². The minimum absolute atomic E-state index is 0.0599. The summed E-state index contributed by atoms with van der Waals surface area (Å²) in [6, 6.07) is 15.9. The van der Waals surface area contributed by atoms with Crippen LogP contribution in [-0.2, 0) is 9.59 Å². The van der Waals surface area contributed by atoms with Gasteiger partial charge in [0, 0.05) is 14.1 Å². The molecular formula is C19H22ClN3O2. The second-order valence-electron chi connectivity index (χ2n) is 5.99. The molecule has 0 aliphatic rings. The number of hydrogen-bond donors (Lipinski definition) is 1. The maximum absolute atomic E-state index is 12.6. The lowest BCUT2D eigenvalue weighted by molar-refractivity contribution is -0.134. The maximum atomic E-state index is 12.6. The number of nitrogens with one attached hydrogen (secondary N) is 1. The SMILES string of the molecule is CN(C)C(=O)[C@@H](c1ccccc1)N(C)CC(=O)Nc1ccccc1Cl. The fourth-order valence-corrected chi connectivity index (χ4v) is 2.72. The van der Waals surface area contributed by atoms with E-state index in [1.165, 1.54) is 4.90 Å². The Labute approximate surface area is 153 Å². The number of halogens is 1. The average Bonchev–Trinajstić information content (AvgIpc) is 2.58. The lowest BCUT2D eigenvalue weighted by atomic mass is 10.0. The number of carbonyl (C=O) groups excluding carboxylic acids is 2. The number of hydrogen-bond acceptors (Lipinski definition) is 3. The molecule has 2 rings (SSSR count). The van der Waals surface area contributed by atoms with Gasteiger partial charge < -0.3 is 10.2 Å². The topological polar surface area (TPSA) is 52.7 Å². The minimum Gasteiger partial charge on any atom is -0.347 e. The number of likely N-dealkylation sites (N-methyl/N-ethyl adjacent to an activating group) is 2. The minimum atomic E-state index is -0.534. The number of rotatable bonds is 6. The smallest absolute Gasteiger partial charge is 0.244 e. The molecular weight excluding hydrogens is 338 g/mol. The fourth-order valence-electron chi connectivity index (χ4n) is 2.54. The van der Waals surface area contributed by atoms with Crippen molar-refractivity contribution in [3.63, 3.8) is 0 Å². The molecule has 0 saturated carbocycles. The van der Waals surface area contributed by atoms with E-state index in [4.69, 9.17) is 11.6 Å². The van der Waals surface area contributed by atoms with E-state index in [9.17, 15) is 9.59 Å². The van der Waals surface area contributed by atoms with Crippen LogP contribution in [0.4, 0.5) is 5.69 Å². The average molecular weight is 360 g/mol. The molecule has 2 aromatic carbocycles. The number of amides is 2. The first-order valence-corrected chi connectivity index (χ1v) is 8.28. The van der Waals surface area contributed by atoms with Gasteiger partial charge in [-0.25, -0.2) is 0 Å². The summed E-state index contributed by atoms with van der Waals surface area (Å²) in [5, 5.41) is 3.25. The van der Waals surface area contributed by atoms with Crippen molar-refractivity contribution in [2.24, 2.45) is 0 Å². The van der Waals surface area contributed by atoms with E-state index >= 15 is 0 Å². The first kappa shape index (κ1) is 19.0. The highest BCUT2D eigenvalue weighted by atomic mass is 35.5. The van der Waals surface area contributed by atoms with E-state index in [-0.39, 0.29) is 18.4 Å². The molecule has 132 valence electrons. The summed E-state index contributed by atoms with van der Waals surface area (Å²) in [5.41, 5.74) is 1.40. The standard InChI is InChI=1S/C19H22ClN3O2/c1-22(2)19(25)18(14-9-5-4-6-10-14)23(3)13-17(24)21-16-12-8-7-11-15(16)20/h4-12,18H,13H2,1-3H3,(H,21,24)/t18-/m1/s1. The lowest BCUT2D eigenvalue weighted by Crippen LogP contribution is -2.41. The predicted octanol–water partition coefficient (Wildman–Crippen LogP) is 3.04. The molecule has 0 bridgehead atoms. The molecule has 0 saturated heterocycles. The molecule has 0 heterocycles. The van der Waals surface area contributed by atoms with E-state index in [1.54, 1.807) is 50.3 Å². The Morgan fingerprint density at radius 3 is 2.20 bits per heavy atom. The third kappa shape index (κ3) is 5.05. The Hall–Kier alpha value is -2.37. The van der Waals surface area contributed by atoms with Crippen LogP contribution in [0.3, 0.4) is 0 Å². The first-order valence-electron chi connectivity index (χ1n) is 7.91. The molecule has 1 atom stereocenters. The zero-order chi connectivity index (χ0) is 18.4. The molecule has 2 amide bonds. The van der Waals surface area contributed by atoms with E-state index in [0.717, 1.165) is 5.56 Å². The van der Waals surface area contributed by atoms with Crippen LogP contribution < -0.4 is 5.32 Å². The number of nitrogens with zero attached hydrogens (tertiary/aromatic N) is 2. The Kier molecular flexibility index (Phi) is 6.56. The van der Waals surface area contributed by atoms with Gasteiger partial charge in [-0.15, -0.1) is 0 Å². The van der Waals surface area contributed by atoms with Crippen molar-refractivity contribution in [2.75, 3.05) is 33.0 Å². The van der Waals surface area contributed by atoms with Gasteiger partial charge in [-0.2, -0.15) is 0 Å². The highest BCUT2D eigenvalue weighted by Crippen LogP contribution is 2.23. The Morgan fingerprint density at radius 2 is 1.60 bits per heavy atom. The van der Waals surface area contributed by atoms with Gasteiger partial charge in [0.05, 0.1) is 17.3 Å². The van der Waals surface area contributed by atoms with Crippen LogP contribution in [0.2, 0.25) is 5.02 Å². The fraction of sp³-hybridized carbons (Fsp3) is 0.263. The van der Waals surface area contributed by atoms with Crippen LogP contribution in [-0.4, -0.2) is 49.3 Å². The summed E-state index contributed by atoms with van der Waals surface area (Å²) in [5.74, 6) is -0.317. The van der Waals surface area contributed by atoms with E-state index in [1.807, 2.05) is 30.3 Å². The number of carbonyl (C=O) groups is 2. The van der Waals surface area contributed by atoms with Crippen molar-refractivity contribution in [1.82, 2.24) is 9.80 Å². The number of anilines is 1. The molecule has 0 spiro atoms. The Bertz CT molecular complexity index is 734. The zero-order valence-corrected chi connectivity index (χ0v) is 15.3. The van der Waals surface area contributed by atoms with E-state index in [0.29, 0.717) is 10.7 Å². The zero-order valence-electron chi connectivity index (χ0n) is 14.6. The molecule has 2 aromatic rings. The summed E-state index contributed by atoms with van der Waals surface area (Å²) in [6.07, 6.45) is 0. The Balaban J connectivity index is 2.14. The number of benzene rings is 2. The summed E-state index contributed by atoms with van der Waals surface area (Å²) in [7, 11) is 5.16. The van der Waals surface area contributed by atoms with E-state index < -0.39 is 6.04 Å². The van der Waals surface area contributed by atoms with Crippen molar-refractivity contribution in [3.8, 4) is 0 Å². The molecule has 0 unspecified atom stereocenters. The lowest BCUT2D eigenvalue weighted by Gasteiger charge is -2.29. The third-order valence-electron chi connectivity index (χ3n) is 3.77. The van der Waals surface area contributed by atoms with Crippen molar-refractivity contribution in [1.29, 1.82) is 0 Å². The predicted molar refractivity (Wildman–Crippen MR) is 101 cm³/mol. The van der Waals surface area contributed by atoms with Crippen LogP contribution in [0.15, 0.2) is 54.6 Å². The van der Waals surface area contributed by atoms with Gasteiger partial charge in [-0.3, -0.25) is 14.5 Å². The van der Waals surface area contributed by atoms with Gasteiger partial charge in [-0.05, 0) is 24.7 Å². The van der Waals surface area contributed by atoms with Gasteiger partial charge in [0.2, 0.25) is 11.8 Å². The molecule has 5 nitrogen and oxygen atoms in total. The largest absolute Gasteiger partial charge is 0.347 e. The van der Waals surface area contributed by atoms with Crippen molar-refractivity contribution in [2.45, 2.75) is 6.04 Å². The maximum Gasteiger partial charge on any atom is 0.244 e. The molecule has 0 aromatic heterocycles. The van der Waals surface area contributed by atoms with Crippen LogP contribution >= 0.6 is 11.6 Å². The van der Waals surface area contributed by atoms with Gasteiger partial charge in [0.15, 0.2) is 0 Å². The van der Waals surface area contributed by atoms with Crippen LogP contribution in [0.25, 0.3) is 0 Å². The highest BCUT2D eigenvalue weighted by molar-refractivity contribution is 6.33. The van der Waals surface area contributed by atoms with Gasteiger partial charge in [0.1, 0.15) is 6.04 Å². The first-order chi connectivity index (χ1) is 11.9. The third-order valence-corrected chi connectivity index (χ3v) is 4.10. The van der Waals surface area contributed by atoms with Gasteiger partial charge in [-0.1, -0.05) is 54.1 Å². The second-order valence-corrected chi connectivity index (χ2v) is 6.40.